The summed E-state index contributed by atoms with van der Waals surface area (Å²) in [6.07, 6.45) is 4.99. The second kappa shape index (κ2) is 10.9. The Bertz CT molecular complexity index is 1240. The van der Waals surface area contributed by atoms with Gasteiger partial charge in [0, 0.05) is 28.1 Å². The van der Waals surface area contributed by atoms with Crippen LogP contribution in [0.4, 0.5) is 0 Å². The molecule has 0 saturated carbocycles. The highest BCUT2D eigenvalue weighted by Crippen LogP contribution is 2.28. The second-order valence-corrected chi connectivity index (χ2v) is 8.57. The fourth-order valence-corrected chi connectivity index (χ4v) is 3.91. The summed E-state index contributed by atoms with van der Waals surface area (Å²) in [6, 6.07) is 18.9. The van der Waals surface area contributed by atoms with Crippen LogP contribution in [0.3, 0.4) is 0 Å². The van der Waals surface area contributed by atoms with Crippen molar-refractivity contribution in [2.75, 3.05) is 12.9 Å². The van der Waals surface area contributed by atoms with Gasteiger partial charge in [-0.05, 0) is 66.2 Å². The number of thioether (sulfide) groups is 1. The normalized spacial score (nSPS) is 11.0. The number of halogens is 1. The summed E-state index contributed by atoms with van der Waals surface area (Å²) in [5.41, 5.74) is 5.15. The van der Waals surface area contributed by atoms with Gasteiger partial charge in [-0.3, -0.25) is 14.3 Å². The van der Waals surface area contributed by atoms with Crippen LogP contribution in [0, 0.1) is 0 Å². The number of hydrogen-bond acceptors (Lipinski definition) is 7. The first kappa shape index (κ1) is 22.7. The van der Waals surface area contributed by atoms with Crippen LogP contribution in [-0.4, -0.2) is 44.7 Å². The Balaban J connectivity index is 1.47. The van der Waals surface area contributed by atoms with Gasteiger partial charge in [0.25, 0.3) is 5.91 Å². The van der Waals surface area contributed by atoms with Gasteiger partial charge in [-0.25, -0.2) is 5.43 Å². The maximum absolute atomic E-state index is 12.3. The van der Waals surface area contributed by atoms with Crippen molar-refractivity contribution in [2.45, 2.75) is 5.16 Å². The molecule has 10 heteroatoms. The third kappa shape index (κ3) is 5.85. The summed E-state index contributed by atoms with van der Waals surface area (Å²) < 4.78 is 8.01. The van der Waals surface area contributed by atoms with Crippen LogP contribution < -0.4 is 10.2 Å². The minimum absolute atomic E-state index is 0.130. The van der Waals surface area contributed by atoms with Crippen molar-refractivity contribution in [2.24, 2.45) is 5.10 Å². The average molecular weight is 523 g/mol. The molecule has 1 amide bonds. The van der Waals surface area contributed by atoms with Gasteiger partial charge in [-0.2, -0.15) is 5.10 Å². The number of ether oxygens (including phenoxy) is 1. The molecule has 0 aliphatic heterocycles. The molecule has 0 saturated heterocycles. The topological polar surface area (TPSA) is 94.3 Å². The molecule has 0 bridgehead atoms. The van der Waals surface area contributed by atoms with E-state index in [1.165, 1.54) is 11.8 Å². The number of carbonyl (C=O) groups is 1. The lowest BCUT2D eigenvalue weighted by atomic mass is 10.2. The molecule has 8 nitrogen and oxygen atoms in total. The molecule has 166 valence electrons. The first-order valence-electron chi connectivity index (χ1n) is 9.84. The Morgan fingerprint density at radius 1 is 1.09 bits per heavy atom. The molecule has 33 heavy (non-hydrogen) atoms. The van der Waals surface area contributed by atoms with Crippen LogP contribution >= 0.6 is 27.7 Å². The SMILES string of the molecule is COc1ccc(C=NNC(=O)CSc2nnc(-c3ccncc3)n2-c2ccc(Br)cc2)cc1. The molecule has 0 spiro atoms. The number of methoxy groups -OCH3 is 1. The van der Waals surface area contributed by atoms with Crippen molar-refractivity contribution >= 4 is 39.8 Å². The summed E-state index contributed by atoms with van der Waals surface area (Å²) in [4.78, 5) is 16.4. The van der Waals surface area contributed by atoms with Gasteiger partial charge in [-0.1, -0.05) is 27.7 Å². The molecule has 0 aliphatic rings. The van der Waals surface area contributed by atoms with Gasteiger partial charge < -0.3 is 4.74 Å². The van der Waals surface area contributed by atoms with E-state index in [0.717, 1.165) is 27.0 Å². The molecular weight excluding hydrogens is 504 g/mol. The fraction of sp³-hybridized carbons (Fsp3) is 0.0870. The number of nitrogens with one attached hydrogen (secondary N) is 1. The maximum Gasteiger partial charge on any atom is 0.250 e. The van der Waals surface area contributed by atoms with E-state index in [1.807, 2.05) is 65.2 Å². The smallest absolute Gasteiger partial charge is 0.250 e. The lowest BCUT2D eigenvalue weighted by Gasteiger charge is -2.10. The minimum atomic E-state index is -0.249. The number of hydrazone groups is 1. The predicted octanol–water partition coefficient (Wildman–Crippen LogP) is 4.34. The number of nitrogens with zero attached hydrogens (tertiary/aromatic N) is 5. The summed E-state index contributed by atoms with van der Waals surface area (Å²) in [5.74, 6) is 1.31. The number of amides is 1. The molecule has 0 fully saturated rings. The van der Waals surface area contributed by atoms with Crippen molar-refractivity contribution in [1.29, 1.82) is 0 Å². The Morgan fingerprint density at radius 2 is 1.82 bits per heavy atom. The molecule has 0 atom stereocenters. The van der Waals surface area contributed by atoms with Crippen molar-refractivity contribution in [3.63, 3.8) is 0 Å². The van der Waals surface area contributed by atoms with Gasteiger partial charge in [-0.15, -0.1) is 10.2 Å². The van der Waals surface area contributed by atoms with Crippen LogP contribution in [0.5, 0.6) is 5.75 Å². The van der Waals surface area contributed by atoms with E-state index in [4.69, 9.17) is 4.74 Å². The number of benzene rings is 2. The maximum atomic E-state index is 12.3. The highest BCUT2D eigenvalue weighted by molar-refractivity contribution is 9.10. The van der Waals surface area contributed by atoms with E-state index in [1.54, 1.807) is 25.7 Å². The standard InChI is InChI=1S/C23H19BrN6O2S/c1-32-20-8-2-16(3-9-20)14-26-27-21(31)15-33-23-29-28-22(17-10-12-25-13-11-17)30(23)19-6-4-18(24)5-7-19/h2-14H,15H2,1H3,(H,27,31). The number of pyridine rings is 1. The van der Waals surface area contributed by atoms with E-state index in [9.17, 15) is 4.79 Å². The largest absolute Gasteiger partial charge is 0.497 e. The molecule has 1 N–H and O–H groups in total. The van der Waals surface area contributed by atoms with Gasteiger partial charge in [0.15, 0.2) is 11.0 Å². The van der Waals surface area contributed by atoms with Crippen LogP contribution in [0.15, 0.2) is 87.8 Å². The number of aromatic nitrogens is 4. The minimum Gasteiger partial charge on any atom is -0.497 e. The Hall–Kier alpha value is -3.50. The molecule has 0 unspecified atom stereocenters. The summed E-state index contributed by atoms with van der Waals surface area (Å²) in [6.45, 7) is 0. The first-order valence-corrected chi connectivity index (χ1v) is 11.6. The fourth-order valence-electron chi connectivity index (χ4n) is 2.91. The molecule has 4 rings (SSSR count). The molecule has 2 heterocycles. The quantitative estimate of drug-likeness (QED) is 0.210. The number of hydrogen-bond donors (Lipinski definition) is 1. The molecule has 2 aromatic heterocycles. The van der Waals surface area contributed by atoms with Gasteiger partial charge in [0.2, 0.25) is 0 Å². The molecule has 0 radical (unpaired) electrons. The summed E-state index contributed by atoms with van der Waals surface area (Å²) in [5, 5.41) is 13.3. The van der Waals surface area contributed by atoms with Crippen LogP contribution in [-0.2, 0) is 4.79 Å². The second-order valence-electron chi connectivity index (χ2n) is 6.71. The third-order valence-electron chi connectivity index (χ3n) is 4.51. The van der Waals surface area contributed by atoms with Gasteiger partial charge >= 0.3 is 0 Å². The van der Waals surface area contributed by atoms with E-state index < -0.39 is 0 Å². The average Bonchev–Trinajstić information content (AvgIpc) is 3.28. The van der Waals surface area contributed by atoms with Crippen molar-refractivity contribution in [3.8, 4) is 22.8 Å². The zero-order valence-electron chi connectivity index (χ0n) is 17.6. The van der Waals surface area contributed by atoms with E-state index >= 15 is 0 Å². The van der Waals surface area contributed by atoms with Gasteiger partial charge in [0.05, 0.1) is 19.1 Å². The van der Waals surface area contributed by atoms with Crippen LogP contribution in [0.1, 0.15) is 5.56 Å². The summed E-state index contributed by atoms with van der Waals surface area (Å²) in [7, 11) is 1.61. The molecule has 0 aliphatic carbocycles. The van der Waals surface area contributed by atoms with E-state index in [-0.39, 0.29) is 11.7 Å². The first-order chi connectivity index (χ1) is 16.1. The Labute approximate surface area is 203 Å². The van der Waals surface area contributed by atoms with Crippen LogP contribution in [0.2, 0.25) is 0 Å². The molecule has 4 aromatic rings. The van der Waals surface area contributed by atoms with Crippen LogP contribution in [0.25, 0.3) is 17.1 Å². The lowest BCUT2D eigenvalue weighted by molar-refractivity contribution is -0.118. The van der Waals surface area contributed by atoms with E-state index in [0.29, 0.717) is 11.0 Å². The van der Waals surface area contributed by atoms with Gasteiger partial charge in [0.1, 0.15) is 5.75 Å². The zero-order chi connectivity index (χ0) is 23.0. The number of carbonyl (C=O) groups excluding carboxylic acids is 1. The van der Waals surface area contributed by atoms with Crippen molar-refractivity contribution in [1.82, 2.24) is 25.2 Å². The Morgan fingerprint density at radius 3 is 2.52 bits per heavy atom. The highest BCUT2D eigenvalue weighted by atomic mass is 79.9. The predicted molar refractivity (Wildman–Crippen MR) is 132 cm³/mol. The Kier molecular flexibility index (Phi) is 7.48. The van der Waals surface area contributed by atoms with Crippen molar-refractivity contribution < 1.29 is 9.53 Å². The third-order valence-corrected chi connectivity index (χ3v) is 5.97. The highest BCUT2D eigenvalue weighted by Gasteiger charge is 2.17. The van der Waals surface area contributed by atoms with E-state index in [2.05, 4.69) is 41.6 Å². The van der Waals surface area contributed by atoms with Crippen molar-refractivity contribution in [3.05, 3.63) is 83.1 Å². The zero-order valence-corrected chi connectivity index (χ0v) is 20.0. The number of rotatable bonds is 8. The monoisotopic (exact) mass is 522 g/mol. The summed E-state index contributed by atoms with van der Waals surface area (Å²) >= 11 is 4.74. The molecule has 2 aromatic carbocycles. The molecular formula is C23H19BrN6O2S. The lowest BCUT2D eigenvalue weighted by Crippen LogP contribution is -2.20.